The molecule has 102 valence electrons. The molecule has 0 aliphatic heterocycles. The van der Waals surface area contributed by atoms with Crippen molar-refractivity contribution in [3.05, 3.63) is 42.0 Å². The van der Waals surface area contributed by atoms with Crippen LogP contribution in [0, 0.1) is 0 Å². The molecule has 0 bridgehead atoms. The highest BCUT2D eigenvalue weighted by Gasteiger charge is 2.02. The SMILES string of the molecule is COc1ccc2cc(CNC(C)CCO)ccc2c1. The summed E-state index contributed by atoms with van der Waals surface area (Å²) >= 11 is 0. The Morgan fingerprint density at radius 3 is 2.63 bits per heavy atom. The quantitative estimate of drug-likeness (QED) is 0.838. The minimum Gasteiger partial charge on any atom is -0.497 e. The zero-order chi connectivity index (χ0) is 13.7. The molecule has 2 aromatic carbocycles. The van der Waals surface area contributed by atoms with E-state index in [1.807, 2.05) is 12.1 Å². The van der Waals surface area contributed by atoms with Gasteiger partial charge in [0.15, 0.2) is 0 Å². The van der Waals surface area contributed by atoms with Crippen molar-refractivity contribution in [2.24, 2.45) is 0 Å². The molecule has 19 heavy (non-hydrogen) atoms. The standard InChI is InChI=1S/C16H21NO2/c1-12(7-8-18)17-11-13-3-4-15-10-16(19-2)6-5-14(15)9-13/h3-6,9-10,12,17-18H,7-8,11H2,1-2H3. The topological polar surface area (TPSA) is 41.5 Å². The van der Waals surface area contributed by atoms with Crippen molar-refractivity contribution in [2.45, 2.75) is 25.9 Å². The molecule has 0 aliphatic carbocycles. The average molecular weight is 259 g/mol. The van der Waals surface area contributed by atoms with Crippen molar-refractivity contribution < 1.29 is 9.84 Å². The van der Waals surface area contributed by atoms with Crippen molar-refractivity contribution in [2.75, 3.05) is 13.7 Å². The summed E-state index contributed by atoms with van der Waals surface area (Å²) in [4.78, 5) is 0. The number of benzene rings is 2. The zero-order valence-electron chi connectivity index (χ0n) is 11.5. The van der Waals surface area contributed by atoms with Crippen molar-refractivity contribution in [3.8, 4) is 5.75 Å². The third kappa shape index (κ3) is 3.69. The Bertz CT molecular complexity index is 539. The molecule has 0 heterocycles. The van der Waals surface area contributed by atoms with Gasteiger partial charge < -0.3 is 15.2 Å². The summed E-state index contributed by atoms with van der Waals surface area (Å²) in [5.41, 5.74) is 1.25. The van der Waals surface area contributed by atoms with Crippen LogP contribution in [-0.4, -0.2) is 24.9 Å². The first kappa shape index (κ1) is 13.8. The fourth-order valence-electron chi connectivity index (χ4n) is 2.10. The predicted octanol–water partition coefficient (Wildman–Crippen LogP) is 2.71. The zero-order valence-corrected chi connectivity index (χ0v) is 11.5. The van der Waals surface area contributed by atoms with Gasteiger partial charge in [-0.25, -0.2) is 0 Å². The van der Waals surface area contributed by atoms with Crippen LogP contribution in [0.2, 0.25) is 0 Å². The highest BCUT2D eigenvalue weighted by molar-refractivity contribution is 5.84. The van der Waals surface area contributed by atoms with Gasteiger partial charge in [0, 0.05) is 19.2 Å². The summed E-state index contributed by atoms with van der Waals surface area (Å²) in [7, 11) is 1.68. The number of aliphatic hydroxyl groups excluding tert-OH is 1. The largest absolute Gasteiger partial charge is 0.497 e. The van der Waals surface area contributed by atoms with Gasteiger partial charge in [-0.2, -0.15) is 0 Å². The van der Waals surface area contributed by atoms with Gasteiger partial charge in [-0.05, 0) is 47.9 Å². The van der Waals surface area contributed by atoms with Crippen LogP contribution >= 0.6 is 0 Å². The summed E-state index contributed by atoms with van der Waals surface area (Å²) in [5, 5.41) is 14.7. The molecular weight excluding hydrogens is 238 g/mol. The second-order valence-electron chi connectivity index (χ2n) is 4.84. The lowest BCUT2D eigenvalue weighted by molar-refractivity contribution is 0.268. The number of nitrogens with one attached hydrogen (secondary N) is 1. The molecule has 1 atom stereocenters. The van der Waals surface area contributed by atoms with E-state index < -0.39 is 0 Å². The van der Waals surface area contributed by atoms with Crippen LogP contribution in [-0.2, 0) is 6.54 Å². The molecule has 2 aromatic rings. The number of methoxy groups -OCH3 is 1. The molecule has 2 N–H and O–H groups in total. The van der Waals surface area contributed by atoms with E-state index >= 15 is 0 Å². The van der Waals surface area contributed by atoms with E-state index in [0.29, 0.717) is 6.04 Å². The summed E-state index contributed by atoms with van der Waals surface area (Å²) in [6.45, 7) is 3.14. The molecule has 0 saturated carbocycles. The number of ether oxygens (including phenoxy) is 1. The Kier molecular flexibility index (Phi) is 4.77. The second kappa shape index (κ2) is 6.55. The molecule has 3 heteroatoms. The van der Waals surface area contributed by atoms with E-state index in [1.165, 1.54) is 16.3 Å². The lowest BCUT2D eigenvalue weighted by Gasteiger charge is -2.12. The monoisotopic (exact) mass is 259 g/mol. The van der Waals surface area contributed by atoms with Crippen LogP contribution in [0.5, 0.6) is 5.75 Å². The van der Waals surface area contributed by atoms with Gasteiger partial charge in [-0.15, -0.1) is 0 Å². The van der Waals surface area contributed by atoms with Crippen LogP contribution in [0.1, 0.15) is 18.9 Å². The normalized spacial score (nSPS) is 12.6. The lowest BCUT2D eigenvalue weighted by Crippen LogP contribution is -2.26. The Morgan fingerprint density at radius 2 is 1.89 bits per heavy atom. The smallest absolute Gasteiger partial charge is 0.119 e. The van der Waals surface area contributed by atoms with Gasteiger partial charge in [-0.1, -0.05) is 18.2 Å². The third-order valence-electron chi connectivity index (χ3n) is 3.33. The van der Waals surface area contributed by atoms with E-state index in [0.717, 1.165) is 18.7 Å². The fraction of sp³-hybridized carbons (Fsp3) is 0.375. The van der Waals surface area contributed by atoms with Gasteiger partial charge >= 0.3 is 0 Å². The highest BCUT2D eigenvalue weighted by Crippen LogP contribution is 2.21. The number of rotatable bonds is 6. The Balaban J connectivity index is 2.09. The van der Waals surface area contributed by atoms with Crippen molar-refractivity contribution in [1.29, 1.82) is 0 Å². The molecule has 0 fully saturated rings. The number of hydrogen-bond acceptors (Lipinski definition) is 3. The lowest BCUT2D eigenvalue weighted by atomic mass is 10.1. The minimum atomic E-state index is 0.228. The summed E-state index contributed by atoms with van der Waals surface area (Å²) in [5.74, 6) is 0.884. The molecule has 3 nitrogen and oxygen atoms in total. The Morgan fingerprint density at radius 1 is 1.16 bits per heavy atom. The number of fused-ring (bicyclic) bond motifs is 1. The van der Waals surface area contributed by atoms with Crippen LogP contribution in [0.15, 0.2) is 36.4 Å². The molecule has 0 spiro atoms. The van der Waals surface area contributed by atoms with Gasteiger partial charge in [-0.3, -0.25) is 0 Å². The molecule has 2 rings (SSSR count). The summed E-state index contributed by atoms with van der Waals surface area (Å²) in [6, 6.07) is 12.9. The van der Waals surface area contributed by atoms with Crippen molar-refractivity contribution in [3.63, 3.8) is 0 Å². The first-order valence-corrected chi connectivity index (χ1v) is 6.64. The maximum Gasteiger partial charge on any atom is 0.119 e. The van der Waals surface area contributed by atoms with Crippen LogP contribution < -0.4 is 10.1 Å². The van der Waals surface area contributed by atoms with Crippen LogP contribution in [0.4, 0.5) is 0 Å². The fourth-order valence-corrected chi connectivity index (χ4v) is 2.10. The molecular formula is C16H21NO2. The summed E-state index contributed by atoms with van der Waals surface area (Å²) < 4.78 is 5.22. The predicted molar refractivity (Wildman–Crippen MR) is 78.5 cm³/mol. The Hall–Kier alpha value is -1.58. The molecule has 0 saturated heterocycles. The molecule has 0 radical (unpaired) electrons. The van der Waals surface area contributed by atoms with Gasteiger partial charge in [0.2, 0.25) is 0 Å². The van der Waals surface area contributed by atoms with E-state index in [9.17, 15) is 0 Å². The van der Waals surface area contributed by atoms with Crippen molar-refractivity contribution >= 4 is 10.8 Å². The molecule has 1 unspecified atom stereocenters. The van der Waals surface area contributed by atoms with Crippen LogP contribution in [0.3, 0.4) is 0 Å². The number of aliphatic hydroxyl groups is 1. The van der Waals surface area contributed by atoms with Gasteiger partial charge in [0.1, 0.15) is 5.75 Å². The Labute approximate surface area is 114 Å². The molecule has 0 amide bonds. The van der Waals surface area contributed by atoms with E-state index in [1.54, 1.807) is 7.11 Å². The van der Waals surface area contributed by atoms with Crippen LogP contribution in [0.25, 0.3) is 10.8 Å². The van der Waals surface area contributed by atoms with E-state index in [4.69, 9.17) is 9.84 Å². The maximum absolute atomic E-state index is 8.87. The highest BCUT2D eigenvalue weighted by atomic mass is 16.5. The molecule has 0 aliphatic rings. The van der Waals surface area contributed by atoms with E-state index in [2.05, 4.69) is 36.5 Å². The van der Waals surface area contributed by atoms with E-state index in [-0.39, 0.29) is 6.61 Å². The third-order valence-corrected chi connectivity index (χ3v) is 3.33. The molecule has 0 aromatic heterocycles. The maximum atomic E-state index is 8.87. The second-order valence-corrected chi connectivity index (χ2v) is 4.84. The van der Waals surface area contributed by atoms with Crippen molar-refractivity contribution in [1.82, 2.24) is 5.32 Å². The van der Waals surface area contributed by atoms with Gasteiger partial charge in [0.25, 0.3) is 0 Å². The number of hydrogen-bond donors (Lipinski definition) is 2. The summed E-state index contributed by atoms with van der Waals surface area (Å²) in [6.07, 6.45) is 0.783. The first-order chi connectivity index (χ1) is 9.22. The average Bonchev–Trinajstić information content (AvgIpc) is 2.44. The van der Waals surface area contributed by atoms with Gasteiger partial charge in [0.05, 0.1) is 7.11 Å². The minimum absolute atomic E-state index is 0.228. The first-order valence-electron chi connectivity index (χ1n) is 6.64.